The molecule has 0 fully saturated rings. The van der Waals surface area contributed by atoms with Crippen molar-refractivity contribution in [3.63, 3.8) is 0 Å². The summed E-state index contributed by atoms with van der Waals surface area (Å²) in [6, 6.07) is 18.4. The monoisotopic (exact) mass is 371 g/mol. The van der Waals surface area contributed by atoms with Crippen LogP contribution >= 0.6 is 0 Å². The quantitative estimate of drug-likeness (QED) is 0.455. The van der Waals surface area contributed by atoms with Gasteiger partial charge in [0, 0.05) is 28.6 Å². The van der Waals surface area contributed by atoms with E-state index in [2.05, 4.69) is 49.2 Å². The van der Waals surface area contributed by atoms with Crippen LogP contribution in [0, 0.1) is 6.92 Å². The van der Waals surface area contributed by atoms with Gasteiger partial charge < -0.3 is 9.72 Å². The molecular formula is C24H25N3O. The Hall–Kier alpha value is -3.14. The van der Waals surface area contributed by atoms with E-state index in [1.807, 2.05) is 24.3 Å². The van der Waals surface area contributed by atoms with Crippen LogP contribution in [0.3, 0.4) is 0 Å². The maximum absolute atomic E-state index is 5.60. The summed E-state index contributed by atoms with van der Waals surface area (Å²) >= 11 is 0. The predicted octanol–water partition coefficient (Wildman–Crippen LogP) is 5.95. The number of nitrogens with one attached hydrogen (secondary N) is 1. The second-order valence-corrected chi connectivity index (χ2v) is 7.01. The predicted molar refractivity (Wildman–Crippen MR) is 115 cm³/mol. The summed E-state index contributed by atoms with van der Waals surface area (Å²) in [6.45, 7) is 4.28. The molecule has 0 unspecified atom stereocenters. The van der Waals surface area contributed by atoms with Crippen molar-refractivity contribution >= 4 is 10.9 Å². The molecule has 0 aliphatic rings. The number of fused-ring (bicyclic) bond motifs is 1. The number of benzene rings is 2. The van der Waals surface area contributed by atoms with Crippen LogP contribution in [0.15, 0.2) is 54.6 Å². The Morgan fingerprint density at radius 2 is 1.71 bits per heavy atom. The molecule has 28 heavy (non-hydrogen) atoms. The first-order valence-electron chi connectivity index (χ1n) is 9.81. The number of unbranched alkanes of at least 4 members (excludes halogenated alkanes) is 1. The van der Waals surface area contributed by atoms with Crippen molar-refractivity contribution in [3.05, 3.63) is 66.1 Å². The Morgan fingerprint density at radius 1 is 0.964 bits per heavy atom. The lowest BCUT2D eigenvalue weighted by atomic mass is 10.0. The number of methoxy groups -OCH3 is 1. The third kappa shape index (κ3) is 3.26. The minimum Gasteiger partial charge on any atom is -0.496 e. The van der Waals surface area contributed by atoms with Gasteiger partial charge in [-0.25, -0.2) is 9.97 Å². The summed E-state index contributed by atoms with van der Waals surface area (Å²) < 4.78 is 5.60. The maximum Gasteiger partial charge on any atom is 0.129 e. The molecule has 0 aliphatic heterocycles. The summed E-state index contributed by atoms with van der Waals surface area (Å²) in [5.41, 5.74) is 6.14. The third-order valence-corrected chi connectivity index (χ3v) is 5.06. The number of nitrogens with zero attached hydrogens (tertiary/aromatic N) is 2. The minimum atomic E-state index is 0.834. The first kappa shape index (κ1) is 18.2. The van der Waals surface area contributed by atoms with Gasteiger partial charge in [0.05, 0.1) is 18.5 Å². The Balaban J connectivity index is 2.01. The molecule has 142 valence electrons. The number of ether oxygens (including phenoxy) is 1. The lowest BCUT2D eigenvalue weighted by molar-refractivity contribution is 0.416. The summed E-state index contributed by atoms with van der Waals surface area (Å²) in [5.74, 6) is 1.73. The first-order valence-corrected chi connectivity index (χ1v) is 9.81. The minimum absolute atomic E-state index is 0.834. The molecular weight excluding hydrogens is 346 g/mol. The van der Waals surface area contributed by atoms with E-state index >= 15 is 0 Å². The van der Waals surface area contributed by atoms with Gasteiger partial charge in [0.1, 0.15) is 17.1 Å². The molecule has 0 radical (unpaired) electrons. The highest BCUT2D eigenvalue weighted by Gasteiger charge is 2.20. The van der Waals surface area contributed by atoms with Crippen LogP contribution in [0.2, 0.25) is 0 Å². The lowest BCUT2D eigenvalue weighted by Crippen LogP contribution is -1.99. The van der Waals surface area contributed by atoms with Gasteiger partial charge in [-0.2, -0.15) is 0 Å². The highest BCUT2D eigenvalue weighted by molar-refractivity contribution is 6.03. The van der Waals surface area contributed by atoms with Crippen LogP contribution in [-0.2, 0) is 6.42 Å². The second kappa shape index (κ2) is 7.85. The van der Waals surface area contributed by atoms with Crippen molar-refractivity contribution in [2.75, 3.05) is 7.11 Å². The van der Waals surface area contributed by atoms with Gasteiger partial charge in [0.2, 0.25) is 0 Å². The van der Waals surface area contributed by atoms with E-state index in [9.17, 15) is 0 Å². The van der Waals surface area contributed by atoms with Crippen LogP contribution in [0.5, 0.6) is 5.75 Å². The molecule has 0 amide bonds. The van der Waals surface area contributed by atoms with Gasteiger partial charge in [-0.1, -0.05) is 55.8 Å². The largest absolute Gasteiger partial charge is 0.496 e. The zero-order valence-corrected chi connectivity index (χ0v) is 16.6. The van der Waals surface area contributed by atoms with Crippen LogP contribution in [0.25, 0.3) is 33.4 Å². The molecule has 0 bridgehead atoms. The zero-order chi connectivity index (χ0) is 19.5. The summed E-state index contributed by atoms with van der Waals surface area (Å²) in [4.78, 5) is 13.5. The number of H-pyrrole nitrogens is 1. The van der Waals surface area contributed by atoms with E-state index in [1.54, 1.807) is 7.11 Å². The molecule has 0 saturated heterocycles. The topological polar surface area (TPSA) is 50.8 Å². The summed E-state index contributed by atoms with van der Waals surface area (Å²) in [6.07, 6.45) is 3.07. The highest BCUT2D eigenvalue weighted by Crippen LogP contribution is 2.38. The number of rotatable bonds is 6. The van der Waals surface area contributed by atoms with Gasteiger partial charge >= 0.3 is 0 Å². The fourth-order valence-corrected chi connectivity index (χ4v) is 3.65. The van der Waals surface area contributed by atoms with Crippen molar-refractivity contribution < 1.29 is 4.74 Å². The molecule has 0 atom stereocenters. The highest BCUT2D eigenvalue weighted by atomic mass is 16.5. The fraction of sp³-hybridized carbons (Fsp3) is 0.250. The summed E-state index contributed by atoms with van der Waals surface area (Å²) in [7, 11) is 1.70. The number of hydrogen-bond donors (Lipinski definition) is 1. The number of aromatic nitrogens is 3. The molecule has 1 N–H and O–H groups in total. The van der Waals surface area contributed by atoms with Gasteiger partial charge in [-0.15, -0.1) is 0 Å². The van der Waals surface area contributed by atoms with Gasteiger partial charge in [-0.3, -0.25) is 0 Å². The van der Waals surface area contributed by atoms with E-state index < -0.39 is 0 Å². The maximum atomic E-state index is 5.60. The molecule has 4 nitrogen and oxygen atoms in total. The molecule has 2 aromatic heterocycles. The molecule has 2 heterocycles. The van der Waals surface area contributed by atoms with Crippen molar-refractivity contribution in [3.8, 4) is 28.3 Å². The number of para-hydroxylation sites is 1. The lowest BCUT2D eigenvalue weighted by Gasteiger charge is -2.09. The fourth-order valence-electron chi connectivity index (χ4n) is 3.65. The molecule has 0 aliphatic carbocycles. The molecule has 0 saturated carbocycles. The average Bonchev–Trinajstić information content (AvgIpc) is 3.08. The van der Waals surface area contributed by atoms with Crippen LogP contribution < -0.4 is 4.74 Å². The second-order valence-electron chi connectivity index (χ2n) is 7.01. The number of hydrogen-bond acceptors (Lipinski definition) is 3. The zero-order valence-electron chi connectivity index (χ0n) is 16.6. The molecule has 4 aromatic rings. The van der Waals surface area contributed by atoms with Crippen LogP contribution in [0.1, 0.15) is 31.3 Å². The molecule has 2 aromatic carbocycles. The standard InChI is InChI=1S/C24H25N3O/c1-4-5-15-20-26-22(17-11-7-6-8-12-17)21-16(2)25-23(24(21)27-20)18-13-9-10-14-19(18)28-3/h6-14,25H,4-5,15H2,1-3H3. The van der Waals surface area contributed by atoms with Gasteiger partial charge in [0.15, 0.2) is 0 Å². The van der Waals surface area contributed by atoms with Crippen molar-refractivity contribution in [1.29, 1.82) is 0 Å². The molecule has 4 heteroatoms. The van der Waals surface area contributed by atoms with E-state index in [-0.39, 0.29) is 0 Å². The first-order chi connectivity index (χ1) is 13.7. The number of aromatic amines is 1. The van der Waals surface area contributed by atoms with E-state index in [0.29, 0.717) is 0 Å². The SMILES string of the molecule is CCCCc1nc(-c2ccccc2)c2c(C)[nH]c(-c3ccccc3OC)c2n1. The van der Waals surface area contributed by atoms with E-state index in [1.165, 1.54) is 0 Å². The van der Waals surface area contributed by atoms with Crippen molar-refractivity contribution in [2.24, 2.45) is 0 Å². The number of aryl methyl sites for hydroxylation is 2. The van der Waals surface area contributed by atoms with Gasteiger partial charge in [0.25, 0.3) is 0 Å². The Morgan fingerprint density at radius 3 is 2.46 bits per heavy atom. The third-order valence-electron chi connectivity index (χ3n) is 5.06. The Bertz CT molecular complexity index is 1100. The smallest absolute Gasteiger partial charge is 0.129 e. The van der Waals surface area contributed by atoms with E-state index in [0.717, 1.165) is 69.9 Å². The van der Waals surface area contributed by atoms with E-state index in [4.69, 9.17) is 14.7 Å². The van der Waals surface area contributed by atoms with Gasteiger partial charge in [-0.05, 0) is 25.5 Å². The molecule has 4 rings (SSSR count). The van der Waals surface area contributed by atoms with Crippen LogP contribution in [0.4, 0.5) is 0 Å². The Labute approximate surface area is 165 Å². The summed E-state index contributed by atoms with van der Waals surface area (Å²) in [5, 5.41) is 1.08. The average molecular weight is 371 g/mol. The normalized spacial score (nSPS) is 11.1. The van der Waals surface area contributed by atoms with Crippen molar-refractivity contribution in [2.45, 2.75) is 33.1 Å². The molecule has 0 spiro atoms. The van der Waals surface area contributed by atoms with Crippen LogP contribution in [-0.4, -0.2) is 22.1 Å². The van der Waals surface area contributed by atoms with Crippen molar-refractivity contribution in [1.82, 2.24) is 15.0 Å². The Kier molecular flexibility index (Phi) is 5.11.